The average Bonchev–Trinajstić information content (AvgIpc) is 0.918. The molecule has 0 saturated heterocycles. The predicted molar refractivity (Wildman–Crippen MR) is 6.44 cm³/mol. The summed E-state index contributed by atoms with van der Waals surface area (Å²) in [5.74, 6) is 0. The van der Waals surface area contributed by atoms with Gasteiger partial charge in [0.2, 0.25) is 0 Å². The molecule has 0 unspecified atom stereocenters. The van der Waals surface area contributed by atoms with E-state index >= 15 is 0 Å². The van der Waals surface area contributed by atoms with Crippen molar-refractivity contribution < 1.29 is 57.8 Å². The van der Waals surface area contributed by atoms with Crippen molar-refractivity contribution in [1.29, 1.82) is 0 Å². The Morgan fingerprint density at radius 3 is 1.75 bits per heavy atom. The first kappa shape index (κ1) is 9.21. The molecule has 0 bridgehead atoms. The predicted octanol–water partition coefficient (Wildman–Crippen LogP) is -1.69. The van der Waals surface area contributed by atoms with E-state index in [2.05, 4.69) is 0 Å². The molecular formula is AlFrO2. The molecule has 0 aliphatic carbocycles. The standard InChI is InChI=1S/Al.Fr.2O/q;+1;;-1. The first-order valence-electron chi connectivity index (χ1n) is 0.471. The first-order chi connectivity index (χ1) is 1.41. The molecule has 2 nitrogen and oxygen atoms in total. The molecule has 0 aliphatic rings. The fourth-order valence-corrected chi connectivity index (χ4v) is 0. The molecule has 0 aromatic heterocycles. The van der Waals surface area contributed by atoms with Crippen LogP contribution in [0.2, 0.25) is 0 Å². The van der Waals surface area contributed by atoms with Crippen LogP contribution in [0, 0.1) is 49.9 Å². The summed E-state index contributed by atoms with van der Waals surface area (Å²) in [6, 6.07) is 0. The van der Waals surface area contributed by atoms with E-state index in [1.807, 2.05) is 0 Å². The van der Waals surface area contributed by atoms with E-state index < -0.39 is 15.5 Å². The quantitative estimate of drug-likeness (QED) is 0.497. The molecule has 0 heterocycles. The van der Waals surface area contributed by atoms with Gasteiger partial charge in [-0.3, -0.25) is 0 Å². The van der Waals surface area contributed by atoms with Crippen molar-refractivity contribution in [3.8, 4) is 0 Å². The van der Waals surface area contributed by atoms with Gasteiger partial charge in [-0.05, 0) is 0 Å². The molecule has 4 heavy (non-hydrogen) atoms. The van der Waals surface area contributed by atoms with Crippen LogP contribution in [0.25, 0.3) is 0 Å². The van der Waals surface area contributed by atoms with Crippen molar-refractivity contribution in [3.05, 3.63) is 0 Å². The third kappa shape index (κ3) is 9.29. The second kappa shape index (κ2) is 8.83. The van der Waals surface area contributed by atoms with Crippen LogP contribution >= 0.6 is 0 Å². The van der Waals surface area contributed by atoms with Crippen LogP contribution in [0.1, 0.15) is 0 Å². The van der Waals surface area contributed by atoms with Gasteiger partial charge in [0.15, 0.2) is 0 Å². The zero-order valence-corrected chi connectivity index (χ0v) is 11.8. The van der Waals surface area contributed by atoms with Gasteiger partial charge in [-0.15, -0.1) is 0 Å². The molecule has 0 aromatic rings. The van der Waals surface area contributed by atoms with Crippen LogP contribution in [0.3, 0.4) is 0 Å². The maximum atomic E-state index is 8.46. The monoisotopic (exact) mass is 282 g/mol. The average molecular weight is 282 g/mol. The summed E-state index contributed by atoms with van der Waals surface area (Å²) in [5, 5.41) is 0. The molecule has 0 spiro atoms. The second-order valence-electron chi connectivity index (χ2n) is 0.0962. The molecule has 0 N–H and O–H groups in total. The van der Waals surface area contributed by atoms with Crippen LogP contribution in [0.15, 0.2) is 0 Å². The Labute approximate surface area is 71.8 Å². The van der Waals surface area contributed by atoms with Crippen LogP contribution < -0.4 is 4.16 Å². The molecule has 0 radical (unpaired) electrons. The molecule has 0 atom stereocenters. The number of rotatable bonds is 0. The second-order valence-corrected chi connectivity index (χ2v) is 0.289. The minimum atomic E-state index is -1.75. The fraction of sp³-hybridized carbons (Fsp3) is 0. The molecule has 0 saturated carbocycles. The van der Waals surface area contributed by atoms with Gasteiger partial charge in [-0.1, -0.05) is 0 Å². The first-order valence-corrected chi connectivity index (χ1v) is 1.41. The van der Waals surface area contributed by atoms with Gasteiger partial charge in [0.05, 0.1) is 0 Å². The Morgan fingerprint density at radius 1 is 1.75 bits per heavy atom. The third-order valence-electron chi connectivity index (χ3n) is 0. The van der Waals surface area contributed by atoms with Crippen molar-refractivity contribution in [1.82, 2.24) is 0 Å². The van der Waals surface area contributed by atoms with E-state index in [0.717, 1.165) is 0 Å². The fourth-order valence-electron chi connectivity index (χ4n) is 0. The molecular weight excluding hydrogens is 282 g/mol. The Morgan fingerprint density at radius 2 is 1.75 bits per heavy atom. The summed E-state index contributed by atoms with van der Waals surface area (Å²) >= 11 is -1.75. The molecule has 0 aliphatic heterocycles. The maximum absolute atomic E-state index is 8.46. The van der Waals surface area contributed by atoms with E-state index in [1.54, 1.807) is 0 Å². The van der Waals surface area contributed by atoms with E-state index in [4.69, 9.17) is 7.96 Å². The summed E-state index contributed by atoms with van der Waals surface area (Å²) in [6.45, 7) is 0. The van der Waals surface area contributed by atoms with E-state index in [1.165, 1.54) is 0 Å². The Kier molecular flexibility index (Phi) is 20.3. The molecule has 0 aromatic carbocycles. The van der Waals surface area contributed by atoms with Gasteiger partial charge < -0.3 is 0 Å². The van der Waals surface area contributed by atoms with Gasteiger partial charge in [0.1, 0.15) is 0 Å². The van der Waals surface area contributed by atoms with Crippen molar-refractivity contribution >= 4 is 15.5 Å². The normalized spacial score (nSPS) is 2.00. The van der Waals surface area contributed by atoms with Crippen molar-refractivity contribution in [2.75, 3.05) is 0 Å². The van der Waals surface area contributed by atoms with Crippen molar-refractivity contribution in [2.45, 2.75) is 0 Å². The van der Waals surface area contributed by atoms with Crippen LogP contribution in [0.4, 0.5) is 0 Å². The van der Waals surface area contributed by atoms with E-state index in [-0.39, 0.29) is 49.9 Å². The molecule has 0 rings (SSSR count). The zero-order chi connectivity index (χ0) is 2.71. The minimum absolute atomic E-state index is 0. The van der Waals surface area contributed by atoms with Crippen LogP contribution in [0.5, 0.6) is 0 Å². The van der Waals surface area contributed by atoms with Crippen LogP contribution in [-0.2, 0) is 3.80 Å². The van der Waals surface area contributed by atoms with Gasteiger partial charge in [-0.2, -0.15) is 0 Å². The van der Waals surface area contributed by atoms with Gasteiger partial charge in [-0.25, -0.2) is 0 Å². The topological polar surface area (TPSA) is 40.1 Å². The summed E-state index contributed by atoms with van der Waals surface area (Å²) in [4.78, 5) is 0. The number of hydrogen-bond donors (Lipinski definition) is 0. The Hall–Kier alpha value is 1.73. The summed E-state index contributed by atoms with van der Waals surface area (Å²) < 4.78 is 16.9. The Balaban J connectivity index is 0. The van der Waals surface area contributed by atoms with Crippen molar-refractivity contribution in [3.63, 3.8) is 0 Å². The van der Waals surface area contributed by atoms with E-state index in [9.17, 15) is 0 Å². The zero-order valence-electron chi connectivity index (χ0n) is 2.39. The molecule has 0 fully saturated rings. The Bertz CT molecular complexity index is 13.5. The summed E-state index contributed by atoms with van der Waals surface area (Å²) in [7, 11) is 0. The van der Waals surface area contributed by atoms with Gasteiger partial charge >= 0.3 is 73.3 Å². The number of hydrogen-bond acceptors (Lipinski definition) is 2. The van der Waals surface area contributed by atoms with Crippen LogP contribution in [-0.4, -0.2) is 15.5 Å². The molecule has 0 amide bonds. The summed E-state index contributed by atoms with van der Waals surface area (Å²) in [6.07, 6.45) is 0. The van der Waals surface area contributed by atoms with Gasteiger partial charge in [0, 0.05) is 0 Å². The SMILES string of the molecule is [Fr+].[O]=[Al][O-]. The van der Waals surface area contributed by atoms with E-state index in [0.29, 0.717) is 0 Å². The van der Waals surface area contributed by atoms with Gasteiger partial charge in [0.25, 0.3) is 0 Å². The van der Waals surface area contributed by atoms with Crippen molar-refractivity contribution in [2.24, 2.45) is 0 Å². The summed E-state index contributed by atoms with van der Waals surface area (Å²) in [5.41, 5.74) is 0. The molecule has 16 valence electrons. The molecule has 4 heteroatoms. The third-order valence-corrected chi connectivity index (χ3v) is 0.